The van der Waals surface area contributed by atoms with E-state index in [1.54, 1.807) is 18.9 Å². The second-order valence-corrected chi connectivity index (χ2v) is 9.48. The first-order valence-corrected chi connectivity index (χ1v) is 12.5. The summed E-state index contributed by atoms with van der Waals surface area (Å²) in [5.41, 5.74) is 12.3. The highest BCUT2D eigenvalue weighted by Gasteiger charge is 2.18. The number of fused-ring (bicyclic) bond motifs is 1. The third-order valence-electron chi connectivity index (χ3n) is 6.04. The topological polar surface area (TPSA) is 108 Å². The maximum atomic E-state index is 8.73. The predicted molar refractivity (Wildman–Crippen MR) is 147 cm³/mol. The maximum absolute atomic E-state index is 8.73. The van der Waals surface area contributed by atoms with Gasteiger partial charge in [-0.25, -0.2) is 4.99 Å². The van der Waals surface area contributed by atoms with Crippen LogP contribution in [-0.2, 0) is 4.74 Å². The number of amidine groups is 1. The van der Waals surface area contributed by atoms with Crippen molar-refractivity contribution in [1.82, 2.24) is 16.0 Å². The van der Waals surface area contributed by atoms with E-state index < -0.39 is 0 Å². The zero-order valence-electron chi connectivity index (χ0n) is 20.0. The highest BCUT2D eigenvalue weighted by Crippen LogP contribution is 2.35. The Labute approximate surface area is 215 Å². The molecule has 182 valence electrons. The molecule has 7 nitrogen and oxygen atoms in total. The largest absolute Gasteiger partial charge is 0.495 e. The van der Waals surface area contributed by atoms with Crippen LogP contribution < -0.4 is 21.7 Å². The van der Waals surface area contributed by atoms with Crippen molar-refractivity contribution in [3.8, 4) is 0 Å². The van der Waals surface area contributed by atoms with Gasteiger partial charge < -0.3 is 26.4 Å². The zero-order valence-corrected chi connectivity index (χ0v) is 20.8. The summed E-state index contributed by atoms with van der Waals surface area (Å²) in [6, 6.07) is 15.7. The van der Waals surface area contributed by atoms with Crippen LogP contribution in [0.4, 0.5) is 5.69 Å². The Morgan fingerprint density at radius 1 is 1.08 bits per heavy atom. The van der Waals surface area contributed by atoms with Gasteiger partial charge in [0.25, 0.3) is 0 Å². The first kappa shape index (κ1) is 23.7. The van der Waals surface area contributed by atoms with Crippen LogP contribution in [-0.4, -0.2) is 31.7 Å². The minimum absolute atomic E-state index is 0.401. The Kier molecular flexibility index (Phi) is 7.06. The van der Waals surface area contributed by atoms with Crippen molar-refractivity contribution in [2.24, 2.45) is 10.7 Å². The molecule has 36 heavy (non-hydrogen) atoms. The number of nitrogens with two attached hydrogens (primary N) is 1. The Morgan fingerprint density at radius 2 is 1.89 bits per heavy atom. The molecule has 0 saturated carbocycles. The number of dihydropyridines is 2. The van der Waals surface area contributed by atoms with Crippen LogP contribution in [0.3, 0.4) is 0 Å². The van der Waals surface area contributed by atoms with Crippen molar-refractivity contribution < 1.29 is 4.74 Å². The minimum atomic E-state index is 0.401. The van der Waals surface area contributed by atoms with Crippen LogP contribution in [0.25, 0.3) is 0 Å². The fourth-order valence-electron chi connectivity index (χ4n) is 4.15. The Bertz CT molecular complexity index is 1360. The summed E-state index contributed by atoms with van der Waals surface area (Å²) in [5, 5.41) is 18.6. The van der Waals surface area contributed by atoms with Gasteiger partial charge in [-0.3, -0.25) is 5.41 Å². The number of thioether (sulfide) groups is 1. The van der Waals surface area contributed by atoms with Crippen LogP contribution in [0.1, 0.15) is 17.5 Å². The SMILES string of the molecule is COC1=CNC2=C(Sc3ccc(N=C(N)c4ccccc4C(=N)C4=CCNCC4)cc3)C=CNC2=C1. The Hall–Kier alpha value is -4.01. The fraction of sp³-hybridized carbons (Fsp3) is 0.143. The number of allylic oxidation sites excluding steroid dienone is 2. The molecular formula is C28H28N6OS. The number of nitrogens with one attached hydrogen (secondary N) is 4. The summed E-state index contributed by atoms with van der Waals surface area (Å²) < 4.78 is 5.31. The van der Waals surface area contributed by atoms with Crippen molar-refractivity contribution in [1.29, 1.82) is 5.41 Å². The minimum Gasteiger partial charge on any atom is -0.495 e. The van der Waals surface area contributed by atoms with Gasteiger partial charge in [0.15, 0.2) is 0 Å². The first-order chi connectivity index (χ1) is 17.6. The van der Waals surface area contributed by atoms with Gasteiger partial charge in [0, 0.05) is 45.9 Å². The van der Waals surface area contributed by atoms with E-state index in [9.17, 15) is 0 Å². The van der Waals surface area contributed by atoms with Gasteiger partial charge in [-0.2, -0.15) is 0 Å². The number of ether oxygens (including phenoxy) is 1. The van der Waals surface area contributed by atoms with Crippen molar-refractivity contribution in [3.05, 3.63) is 118 Å². The van der Waals surface area contributed by atoms with Gasteiger partial charge in [-0.15, -0.1) is 0 Å². The van der Waals surface area contributed by atoms with Crippen molar-refractivity contribution in [2.45, 2.75) is 11.3 Å². The van der Waals surface area contributed by atoms with Gasteiger partial charge >= 0.3 is 0 Å². The molecule has 0 spiro atoms. The van der Waals surface area contributed by atoms with E-state index >= 15 is 0 Å². The summed E-state index contributed by atoms with van der Waals surface area (Å²) in [5.74, 6) is 1.17. The lowest BCUT2D eigenvalue weighted by Gasteiger charge is -2.23. The average Bonchev–Trinajstić information content (AvgIpc) is 2.94. The molecular weight excluding hydrogens is 468 g/mol. The molecule has 0 bridgehead atoms. The molecule has 2 aromatic carbocycles. The van der Waals surface area contributed by atoms with Gasteiger partial charge in [0.05, 0.1) is 29.9 Å². The zero-order chi connectivity index (χ0) is 24.9. The van der Waals surface area contributed by atoms with Crippen molar-refractivity contribution >= 4 is 29.0 Å². The predicted octanol–water partition coefficient (Wildman–Crippen LogP) is 4.41. The fourth-order valence-corrected chi connectivity index (χ4v) is 5.08. The third kappa shape index (κ3) is 5.15. The van der Waals surface area contributed by atoms with E-state index in [1.807, 2.05) is 73.1 Å². The monoisotopic (exact) mass is 496 g/mol. The van der Waals surface area contributed by atoms with Gasteiger partial charge in [-0.1, -0.05) is 42.1 Å². The molecule has 8 heteroatoms. The molecule has 0 amide bonds. The summed E-state index contributed by atoms with van der Waals surface area (Å²) in [4.78, 5) is 6.85. The highest BCUT2D eigenvalue weighted by molar-refractivity contribution is 8.03. The Morgan fingerprint density at radius 3 is 2.64 bits per heavy atom. The number of nitrogens with zero attached hydrogens (tertiary/aromatic N) is 1. The number of aliphatic imine (C=N–C) groups is 1. The second kappa shape index (κ2) is 10.7. The number of hydrogen-bond acceptors (Lipinski definition) is 7. The van der Waals surface area contributed by atoms with E-state index in [4.69, 9.17) is 15.9 Å². The van der Waals surface area contributed by atoms with E-state index in [0.29, 0.717) is 11.5 Å². The van der Waals surface area contributed by atoms with E-state index in [1.165, 1.54) is 0 Å². The third-order valence-corrected chi connectivity index (χ3v) is 7.11. The smallest absolute Gasteiger partial charge is 0.136 e. The van der Waals surface area contributed by atoms with Gasteiger partial charge in [0.2, 0.25) is 0 Å². The summed E-state index contributed by atoms with van der Waals surface area (Å²) in [7, 11) is 1.65. The average molecular weight is 497 g/mol. The van der Waals surface area contributed by atoms with Crippen molar-refractivity contribution in [3.63, 3.8) is 0 Å². The van der Waals surface area contributed by atoms with Crippen molar-refractivity contribution in [2.75, 3.05) is 20.2 Å². The summed E-state index contributed by atoms with van der Waals surface area (Å²) in [6.45, 7) is 1.67. The molecule has 0 radical (unpaired) electrons. The molecule has 3 heterocycles. The van der Waals surface area contributed by atoms with Crippen LogP contribution in [0.15, 0.2) is 117 Å². The summed E-state index contributed by atoms with van der Waals surface area (Å²) >= 11 is 1.67. The number of methoxy groups -OCH3 is 1. The van der Waals surface area contributed by atoms with E-state index in [-0.39, 0.29) is 0 Å². The van der Waals surface area contributed by atoms with Crippen LogP contribution in [0.5, 0.6) is 0 Å². The molecule has 2 aromatic rings. The Balaban J connectivity index is 1.34. The molecule has 5 rings (SSSR count). The molecule has 0 unspecified atom stereocenters. The maximum Gasteiger partial charge on any atom is 0.136 e. The van der Waals surface area contributed by atoms with Crippen LogP contribution >= 0.6 is 11.8 Å². The highest BCUT2D eigenvalue weighted by atomic mass is 32.2. The number of benzene rings is 2. The normalized spacial score (nSPS) is 17.2. The van der Waals surface area contributed by atoms with Crippen LogP contribution in [0.2, 0.25) is 0 Å². The molecule has 0 atom stereocenters. The standard InChI is InChI=1S/C28H28N6OS/c1-35-20-16-24-27(33-17-20)25(12-15-32-24)36-21-8-6-19(7-9-21)34-28(30)23-5-3-2-4-22(23)26(29)18-10-13-31-14-11-18/h2-10,12,15-17,29,31-33H,11,13-14H2,1H3,(H2,30,34). The molecule has 3 aliphatic heterocycles. The molecule has 0 fully saturated rings. The second-order valence-electron chi connectivity index (χ2n) is 8.37. The lowest BCUT2D eigenvalue weighted by atomic mass is 9.94. The first-order valence-electron chi connectivity index (χ1n) is 11.7. The molecule has 0 aromatic heterocycles. The van der Waals surface area contributed by atoms with E-state index in [0.717, 1.165) is 68.9 Å². The van der Waals surface area contributed by atoms with E-state index in [2.05, 4.69) is 27.0 Å². The lowest BCUT2D eigenvalue weighted by Crippen LogP contribution is -2.25. The summed E-state index contributed by atoms with van der Waals surface area (Å²) in [6.07, 6.45) is 10.7. The number of hydrogen-bond donors (Lipinski definition) is 5. The molecule has 3 aliphatic rings. The quantitative estimate of drug-likeness (QED) is 0.287. The molecule has 0 saturated heterocycles. The van der Waals surface area contributed by atoms with Gasteiger partial charge in [0.1, 0.15) is 11.6 Å². The molecule has 0 aliphatic carbocycles. The van der Waals surface area contributed by atoms with Crippen LogP contribution in [0, 0.1) is 5.41 Å². The molecule has 6 N–H and O–H groups in total. The number of rotatable bonds is 7. The lowest BCUT2D eigenvalue weighted by molar-refractivity contribution is 0.302. The van der Waals surface area contributed by atoms with Gasteiger partial charge in [-0.05, 0) is 48.9 Å².